The molecule has 3 nitrogen and oxygen atoms in total. The number of piperidine rings is 1. The highest BCUT2D eigenvalue weighted by Gasteiger charge is 2.29. The molecule has 1 N–H and O–H groups in total. The number of carbonyl (C=O) groups excluding carboxylic acids is 1. The summed E-state index contributed by atoms with van der Waals surface area (Å²) < 4.78 is 13.4. The van der Waals surface area contributed by atoms with Crippen molar-refractivity contribution in [1.82, 2.24) is 10.2 Å². The maximum atomic E-state index is 13.4. The molecular weight excluding hydrogens is 303 g/mol. The van der Waals surface area contributed by atoms with E-state index in [1.165, 1.54) is 6.07 Å². The van der Waals surface area contributed by atoms with E-state index in [-0.39, 0.29) is 22.7 Å². The lowest BCUT2D eigenvalue weighted by atomic mass is 9.93. The molecule has 0 aliphatic carbocycles. The second-order valence-electron chi connectivity index (χ2n) is 6.44. The van der Waals surface area contributed by atoms with Crippen molar-refractivity contribution in [3.8, 4) is 0 Å². The summed E-state index contributed by atoms with van der Waals surface area (Å²) in [5.74, 6) is 0.277. The Morgan fingerprint density at radius 1 is 1.50 bits per heavy atom. The van der Waals surface area contributed by atoms with Crippen LogP contribution in [0, 0.1) is 17.7 Å². The van der Waals surface area contributed by atoms with Gasteiger partial charge >= 0.3 is 0 Å². The van der Waals surface area contributed by atoms with E-state index >= 15 is 0 Å². The molecule has 5 heteroatoms. The summed E-state index contributed by atoms with van der Waals surface area (Å²) in [6.07, 6.45) is 0.926. The molecule has 1 aliphatic heterocycles. The van der Waals surface area contributed by atoms with Gasteiger partial charge < -0.3 is 10.2 Å². The number of benzene rings is 1. The quantitative estimate of drug-likeness (QED) is 0.919. The average molecular weight is 327 g/mol. The topological polar surface area (TPSA) is 32.3 Å². The van der Waals surface area contributed by atoms with E-state index in [0.717, 1.165) is 25.1 Å². The first-order valence-electron chi connectivity index (χ1n) is 7.84. The van der Waals surface area contributed by atoms with Gasteiger partial charge in [0, 0.05) is 31.6 Å². The van der Waals surface area contributed by atoms with E-state index < -0.39 is 0 Å². The molecule has 1 aromatic rings. The van der Waals surface area contributed by atoms with Crippen LogP contribution in [0.25, 0.3) is 0 Å². The summed E-state index contributed by atoms with van der Waals surface area (Å²) in [7, 11) is 0. The minimum absolute atomic E-state index is 0.0498. The van der Waals surface area contributed by atoms with Crippen LogP contribution in [0.3, 0.4) is 0 Å². The molecule has 122 valence electrons. The summed E-state index contributed by atoms with van der Waals surface area (Å²) in [6.45, 7) is 8.21. The second kappa shape index (κ2) is 7.42. The molecule has 22 heavy (non-hydrogen) atoms. The Hall–Kier alpha value is -1.13. The van der Waals surface area contributed by atoms with Gasteiger partial charge in [0.05, 0.1) is 5.02 Å². The Morgan fingerprint density at radius 2 is 2.23 bits per heavy atom. The van der Waals surface area contributed by atoms with Gasteiger partial charge in [0.2, 0.25) is 5.91 Å². The van der Waals surface area contributed by atoms with Crippen LogP contribution in [0.15, 0.2) is 18.2 Å². The Balaban J connectivity index is 1.87. The zero-order chi connectivity index (χ0) is 16.3. The average Bonchev–Trinajstić information content (AvgIpc) is 2.48. The van der Waals surface area contributed by atoms with E-state index in [0.29, 0.717) is 18.5 Å². The van der Waals surface area contributed by atoms with Crippen LogP contribution in [-0.2, 0) is 11.3 Å². The van der Waals surface area contributed by atoms with Crippen molar-refractivity contribution in [3.05, 3.63) is 34.6 Å². The first-order valence-corrected chi connectivity index (χ1v) is 8.22. The normalized spacial score (nSPS) is 22.2. The smallest absolute Gasteiger partial charge is 0.225 e. The van der Waals surface area contributed by atoms with Crippen molar-refractivity contribution >= 4 is 17.5 Å². The molecule has 0 spiro atoms. The van der Waals surface area contributed by atoms with Crippen molar-refractivity contribution < 1.29 is 9.18 Å². The molecule has 1 saturated heterocycles. The van der Waals surface area contributed by atoms with Gasteiger partial charge in [-0.05, 0) is 30.0 Å². The molecule has 1 aromatic carbocycles. The standard InChI is InChI=1S/C17H24ClFN2O/c1-11(2)17(22)21-7-6-16(12(3)10-21)20-9-13-4-5-14(18)15(19)8-13/h4-5,8,11-12,16,20H,6-7,9-10H2,1-3H3/t12-,16-/m0/s1. The van der Waals surface area contributed by atoms with Crippen LogP contribution in [0.1, 0.15) is 32.8 Å². The summed E-state index contributed by atoms with van der Waals surface area (Å²) in [5, 5.41) is 3.63. The fourth-order valence-corrected chi connectivity index (χ4v) is 3.03. The van der Waals surface area contributed by atoms with Gasteiger partial charge in [0.15, 0.2) is 0 Å². The highest BCUT2D eigenvalue weighted by molar-refractivity contribution is 6.30. The fourth-order valence-electron chi connectivity index (χ4n) is 2.91. The highest BCUT2D eigenvalue weighted by atomic mass is 35.5. The van der Waals surface area contributed by atoms with Crippen LogP contribution >= 0.6 is 11.6 Å². The maximum Gasteiger partial charge on any atom is 0.225 e. The molecule has 2 rings (SSSR count). The van der Waals surface area contributed by atoms with E-state index in [2.05, 4.69) is 12.2 Å². The Morgan fingerprint density at radius 3 is 2.82 bits per heavy atom. The molecular formula is C17H24ClFN2O. The molecule has 2 atom stereocenters. The number of nitrogens with one attached hydrogen (secondary N) is 1. The molecule has 0 aromatic heterocycles. The molecule has 0 saturated carbocycles. The maximum absolute atomic E-state index is 13.4. The van der Waals surface area contributed by atoms with Gasteiger partial charge in [-0.15, -0.1) is 0 Å². The molecule has 1 fully saturated rings. The highest BCUT2D eigenvalue weighted by Crippen LogP contribution is 2.20. The number of carbonyl (C=O) groups is 1. The minimum Gasteiger partial charge on any atom is -0.342 e. The Labute approximate surface area is 136 Å². The third kappa shape index (κ3) is 4.20. The van der Waals surface area contributed by atoms with Crippen molar-refractivity contribution in [2.24, 2.45) is 11.8 Å². The van der Waals surface area contributed by atoms with Gasteiger partial charge in [-0.3, -0.25) is 4.79 Å². The molecule has 0 unspecified atom stereocenters. The van der Waals surface area contributed by atoms with Crippen LogP contribution in [0.2, 0.25) is 5.02 Å². The van der Waals surface area contributed by atoms with Gasteiger partial charge in [-0.25, -0.2) is 4.39 Å². The second-order valence-corrected chi connectivity index (χ2v) is 6.85. The first kappa shape index (κ1) is 17.2. The first-order chi connectivity index (χ1) is 10.4. The van der Waals surface area contributed by atoms with Crippen LogP contribution in [-0.4, -0.2) is 29.9 Å². The fraction of sp³-hybridized carbons (Fsp3) is 0.588. The number of likely N-dealkylation sites (tertiary alicyclic amines) is 1. The number of amides is 1. The Bertz CT molecular complexity index is 535. The van der Waals surface area contributed by atoms with E-state index in [9.17, 15) is 9.18 Å². The SMILES string of the molecule is CC(C)C(=O)N1CC[C@H](NCc2ccc(Cl)c(F)c2)[C@@H](C)C1. The molecule has 1 amide bonds. The minimum atomic E-state index is -0.383. The largest absolute Gasteiger partial charge is 0.342 e. The van der Waals surface area contributed by atoms with Crippen LogP contribution in [0.4, 0.5) is 4.39 Å². The predicted molar refractivity (Wildman–Crippen MR) is 87.2 cm³/mol. The number of rotatable bonds is 4. The summed E-state index contributed by atoms with van der Waals surface area (Å²) in [6, 6.07) is 5.23. The summed E-state index contributed by atoms with van der Waals surface area (Å²) in [4.78, 5) is 14.0. The van der Waals surface area contributed by atoms with Crippen LogP contribution in [0.5, 0.6) is 0 Å². The third-order valence-corrected chi connectivity index (χ3v) is 4.57. The zero-order valence-corrected chi connectivity index (χ0v) is 14.2. The zero-order valence-electron chi connectivity index (χ0n) is 13.4. The predicted octanol–water partition coefficient (Wildman–Crippen LogP) is 3.46. The third-order valence-electron chi connectivity index (χ3n) is 4.26. The van der Waals surface area contributed by atoms with E-state index in [4.69, 9.17) is 11.6 Å². The van der Waals surface area contributed by atoms with Crippen molar-refractivity contribution in [2.75, 3.05) is 13.1 Å². The number of hydrogen-bond donors (Lipinski definition) is 1. The molecule has 0 bridgehead atoms. The van der Waals surface area contributed by atoms with Gasteiger partial charge in [0.25, 0.3) is 0 Å². The molecule has 1 heterocycles. The van der Waals surface area contributed by atoms with Gasteiger partial charge in [0.1, 0.15) is 5.82 Å². The van der Waals surface area contributed by atoms with Gasteiger partial charge in [-0.1, -0.05) is 38.4 Å². The lowest BCUT2D eigenvalue weighted by molar-refractivity contribution is -0.136. The monoisotopic (exact) mass is 326 g/mol. The van der Waals surface area contributed by atoms with E-state index in [1.807, 2.05) is 24.8 Å². The number of nitrogens with zero attached hydrogens (tertiary/aromatic N) is 1. The summed E-state index contributed by atoms with van der Waals surface area (Å²) in [5.41, 5.74) is 0.884. The Kier molecular flexibility index (Phi) is 5.81. The van der Waals surface area contributed by atoms with Crippen molar-refractivity contribution in [1.29, 1.82) is 0 Å². The lowest BCUT2D eigenvalue weighted by Crippen LogP contribution is -2.50. The van der Waals surface area contributed by atoms with Crippen LogP contribution < -0.4 is 5.32 Å². The van der Waals surface area contributed by atoms with Crippen molar-refractivity contribution in [3.63, 3.8) is 0 Å². The number of hydrogen-bond acceptors (Lipinski definition) is 2. The van der Waals surface area contributed by atoms with E-state index in [1.54, 1.807) is 6.07 Å². The molecule has 1 aliphatic rings. The summed E-state index contributed by atoms with van der Waals surface area (Å²) >= 11 is 5.69. The lowest BCUT2D eigenvalue weighted by Gasteiger charge is -2.38. The number of halogens is 2. The molecule has 0 radical (unpaired) electrons. The van der Waals surface area contributed by atoms with Gasteiger partial charge in [-0.2, -0.15) is 0 Å². The van der Waals surface area contributed by atoms with Crippen molar-refractivity contribution in [2.45, 2.75) is 39.8 Å².